The second-order valence-electron chi connectivity index (χ2n) is 17.9. The highest BCUT2D eigenvalue weighted by Crippen LogP contribution is 2.70. The Morgan fingerprint density at radius 2 is 1.68 bits per heavy atom. The maximum absolute atomic E-state index is 14.3. The van der Waals surface area contributed by atoms with E-state index in [0.717, 1.165) is 51.2 Å². The first-order chi connectivity index (χ1) is 30.3. The number of nitrogens with zero attached hydrogens (tertiary/aromatic N) is 7. The number of phenols is 1. The monoisotopic (exact) mass is 881 g/mol. The molecule has 2 amide bonds. The molecule has 7 aromatic rings. The second kappa shape index (κ2) is 15.6. The van der Waals surface area contributed by atoms with E-state index in [4.69, 9.17) is 4.52 Å². The first-order valence-corrected chi connectivity index (χ1v) is 22.9. The number of fused-ring (bicyclic) bond motifs is 1. The molecule has 3 aliphatic carbocycles. The lowest BCUT2D eigenvalue weighted by atomic mass is 9.38. The molecule has 5 aromatic heterocycles. The van der Waals surface area contributed by atoms with Crippen LogP contribution in [-0.4, -0.2) is 81.5 Å². The van der Waals surface area contributed by atoms with E-state index < -0.39 is 18.1 Å². The van der Waals surface area contributed by atoms with Gasteiger partial charge in [-0.25, -0.2) is 15.0 Å². The molecule has 4 atom stereocenters. The standard InChI is InChI=1S/C47H47N9O5S2/c1-24(2)39(44(60)56-19-31(57)14-36(56)42(59)51-26(4)28-10-12-29(13-11-28)40-27(5)50-23-62-40)38-16-34(55-61-38)30-17-48-45(49-18-30)52-47-20-46(21-47,22-47)41-25(3)33-15-35(53-54-43(33)63-41)32-8-6-7-9-37(32)58/h6-13,15-18,23-24,26,31,36,39,57-58H,14,19-22H2,1-5H3,(H,51,59)(H,48,49,52)/t26-,31+,36-,39+,46?,47?/m0/s1. The van der Waals surface area contributed by atoms with E-state index in [-0.39, 0.29) is 53.4 Å². The van der Waals surface area contributed by atoms with E-state index in [1.54, 1.807) is 53.3 Å². The van der Waals surface area contributed by atoms with Crippen molar-refractivity contribution in [3.8, 4) is 38.7 Å². The van der Waals surface area contributed by atoms with E-state index in [1.165, 1.54) is 15.3 Å². The van der Waals surface area contributed by atoms with Crippen LogP contribution in [0, 0.1) is 19.8 Å². The number of phenolic OH excluding ortho intramolecular Hbond substituents is 1. The summed E-state index contributed by atoms with van der Waals surface area (Å²) in [6.45, 7) is 9.94. The van der Waals surface area contributed by atoms with Gasteiger partial charge in [-0.1, -0.05) is 55.4 Å². The quantitative estimate of drug-likeness (QED) is 0.0923. The average molecular weight is 882 g/mol. The van der Waals surface area contributed by atoms with Crippen molar-refractivity contribution in [3.63, 3.8) is 0 Å². The normalized spacial score (nSPS) is 22.4. The lowest BCUT2D eigenvalue weighted by Gasteiger charge is -2.70. The van der Waals surface area contributed by atoms with E-state index in [2.05, 4.69) is 47.9 Å². The van der Waals surface area contributed by atoms with Gasteiger partial charge in [0.1, 0.15) is 34.0 Å². The number of aliphatic hydroxyl groups excluding tert-OH is 1. The fraction of sp³-hybridized carbons (Fsp3) is 0.362. The van der Waals surface area contributed by atoms with Crippen LogP contribution in [0.1, 0.15) is 85.9 Å². The van der Waals surface area contributed by atoms with Gasteiger partial charge in [0.15, 0.2) is 0 Å². The number of β-amino-alcohol motifs (C(OH)–C–C–N with tert-alkyl or cyclic N) is 1. The van der Waals surface area contributed by atoms with Crippen LogP contribution >= 0.6 is 22.7 Å². The third-order valence-electron chi connectivity index (χ3n) is 13.1. The zero-order valence-electron chi connectivity index (χ0n) is 35.5. The van der Waals surface area contributed by atoms with Crippen LogP contribution in [0.5, 0.6) is 5.75 Å². The van der Waals surface area contributed by atoms with Gasteiger partial charge in [-0.15, -0.1) is 32.9 Å². The summed E-state index contributed by atoms with van der Waals surface area (Å²) in [4.78, 5) is 46.5. The summed E-state index contributed by atoms with van der Waals surface area (Å²) in [5.74, 6) is -0.459. The SMILES string of the molecule is Cc1ncsc1-c1ccc([C@H](C)NC(=O)[C@@H]2C[C@@H](O)CN2C(=O)[C@@H](c2cc(-c3cnc(NC45CC(c6sc7nnc(-c8ccccc8O)cc7c6C)(C4)C5)nc3)no2)C(C)C)cc1. The molecule has 2 bridgehead atoms. The third-order valence-corrected chi connectivity index (χ3v) is 15.5. The van der Waals surface area contributed by atoms with Crippen molar-refractivity contribution in [2.75, 3.05) is 11.9 Å². The highest BCUT2D eigenvalue weighted by atomic mass is 32.1. The van der Waals surface area contributed by atoms with Gasteiger partial charge in [0.2, 0.25) is 17.8 Å². The molecule has 14 nitrogen and oxygen atoms in total. The molecule has 3 saturated carbocycles. The number of nitrogens with one attached hydrogen (secondary N) is 2. The summed E-state index contributed by atoms with van der Waals surface area (Å²) in [6.07, 6.45) is 5.61. The van der Waals surface area contributed by atoms with E-state index in [0.29, 0.717) is 34.2 Å². The largest absolute Gasteiger partial charge is 0.507 e. The summed E-state index contributed by atoms with van der Waals surface area (Å²) >= 11 is 3.30. The first-order valence-electron chi connectivity index (χ1n) is 21.2. The number of thiazole rings is 1. The molecule has 0 unspecified atom stereocenters. The zero-order valence-corrected chi connectivity index (χ0v) is 37.1. The lowest BCUT2D eigenvalue weighted by molar-refractivity contribution is -0.141. The number of hydrogen-bond acceptors (Lipinski definition) is 14. The molecule has 4 fully saturated rings. The molecule has 322 valence electrons. The van der Waals surface area contributed by atoms with Crippen LogP contribution in [0.2, 0.25) is 0 Å². The highest BCUT2D eigenvalue weighted by Gasteiger charge is 2.69. The number of anilines is 1. The highest BCUT2D eigenvalue weighted by molar-refractivity contribution is 7.19. The molecule has 16 heteroatoms. The predicted molar refractivity (Wildman–Crippen MR) is 241 cm³/mol. The molecule has 11 rings (SSSR count). The number of amides is 2. The molecule has 63 heavy (non-hydrogen) atoms. The first kappa shape index (κ1) is 40.9. The number of hydrogen-bond donors (Lipinski definition) is 4. The Kier molecular flexibility index (Phi) is 10.1. The van der Waals surface area contributed by atoms with E-state index in [1.807, 2.05) is 75.7 Å². The van der Waals surface area contributed by atoms with Crippen molar-refractivity contribution in [1.29, 1.82) is 0 Å². The molecule has 0 spiro atoms. The van der Waals surface area contributed by atoms with Gasteiger partial charge in [-0.2, -0.15) is 0 Å². The Morgan fingerprint density at radius 1 is 0.937 bits per heavy atom. The maximum Gasteiger partial charge on any atom is 0.243 e. The Labute approximate surface area is 371 Å². The minimum absolute atomic E-state index is 0.0451. The van der Waals surface area contributed by atoms with Crippen molar-refractivity contribution < 1.29 is 24.3 Å². The Balaban J connectivity index is 0.777. The Hall–Kier alpha value is -6.10. The molecular formula is C47H47N9O5S2. The summed E-state index contributed by atoms with van der Waals surface area (Å²) in [6, 6.07) is 17.8. The van der Waals surface area contributed by atoms with Crippen molar-refractivity contribution in [3.05, 3.63) is 106 Å². The number of aromatic nitrogens is 6. The molecular weight excluding hydrogens is 835 g/mol. The minimum atomic E-state index is -0.838. The van der Waals surface area contributed by atoms with Gasteiger partial charge in [0, 0.05) is 63.8 Å². The lowest BCUT2D eigenvalue weighted by Crippen LogP contribution is -2.73. The van der Waals surface area contributed by atoms with E-state index in [9.17, 15) is 19.8 Å². The molecule has 0 radical (unpaired) electrons. The van der Waals surface area contributed by atoms with Crippen LogP contribution in [0.15, 0.2) is 83.1 Å². The van der Waals surface area contributed by atoms with Crippen molar-refractivity contribution >= 4 is 50.7 Å². The van der Waals surface area contributed by atoms with Gasteiger partial charge in [0.25, 0.3) is 0 Å². The van der Waals surface area contributed by atoms with E-state index >= 15 is 0 Å². The number of para-hydroxylation sites is 1. The smallest absolute Gasteiger partial charge is 0.243 e. The second-order valence-corrected chi connectivity index (χ2v) is 19.7. The number of thiophene rings is 1. The third kappa shape index (κ3) is 7.23. The van der Waals surface area contributed by atoms with Crippen LogP contribution in [0.3, 0.4) is 0 Å². The number of likely N-dealkylation sites (tertiary alicyclic amines) is 1. The number of benzene rings is 2. The molecule has 2 aromatic carbocycles. The molecule has 4 N–H and O–H groups in total. The van der Waals surface area contributed by atoms with Crippen molar-refractivity contribution in [1.82, 2.24) is 40.5 Å². The molecule has 1 aliphatic heterocycles. The number of aromatic hydroxyl groups is 1. The number of carbonyl (C=O) groups excluding carboxylic acids is 2. The molecule has 6 heterocycles. The molecule has 4 aliphatic rings. The predicted octanol–water partition coefficient (Wildman–Crippen LogP) is 8.11. The van der Waals surface area contributed by atoms with Crippen molar-refractivity contribution in [2.24, 2.45) is 5.92 Å². The topological polar surface area (TPSA) is 192 Å². The maximum atomic E-state index is 14.3. The summed E-state index contributed by atoms with van der Waals surface area (Å²) in [5.41, 5.74) is 8.49. The number of carbonyl (C=O) groups is 2. The van der Waals surface area contributed by atoms with Crippen molar-refractivity contribution in [2.45, 2.75) is 95.4 Å². The van der Waals surface area contributed by atoms with Crippen LogP contribution in [-0.2, 0) is 15.0 Å². The number of aliphatic hydroxyl groups is 1. The molecule has 1 saturated heterocycles. The van der Waals surface area contributed by atoms with Gasteiger partial charge < -0.3 is 30.3 Å². The fourth-order valence-electron chi connectivity index (χ4n) is 9.96. The fourth-order valence-corrected chi connectivity index (χ4v) is 12.1. The summed E-state index contributed by atoms with van der Waals surface area (Å²) in [5, 5.41) is 42.1. The van der Waals surface area contributed by atoms with Crippen LogP contribution in [0.25, 0.3) is 43.2 Å². The Bertz CT molecular complexity index is 2850. The van der Waals surface area contributed by atoms with Gasteiger partial charge in [-0.05, 0) is 80.8 Å². The minimum Gasteiger partial charge on any atom is -0.507 e. The number of rotatable bonds is 12. The summed E-state index contributed by atoms with van der Waals surface area (Å²) < 4.78 is 5.82. The zero-order chi connectivity index (χ0) is 43.8. The van der Waals surface area contributed by atoms with Gasteiger partial charge >= 0.3 is 0 Å². The average Bonchev–Trinajstić information content (AvgIpc) is 4.06. The van der Waals surface area contributed by atoms with Gasteiger partial charge in [0.05, 0.1) is 33.9 Å². The summed E-state index contributed by atoms with van der Waals surface area (Å²) in [7, 11) is 0. The Morgan fingerprint density at radius 3 is 2.38 bits per heavy atom. The van der Waals surface area contributed by atoms with Crippen LogP contribution in [0.4, 0.5) is 5.95 Å². The van der Waals surface area contributed by atoms with Gasteiger partial charge in [-0.3, -0.25) is 9.59 Å². The van der Waals surface area contributed by atoms with Crippen LogP contribution < -0.4 is 10.6 Å². The number of aryl methyl sites for hydroxylation is 2.